The summed E-state index contributed by atoms with van der Waals surface area (Å²) in [7, 11) is 0. The number of hydrogen-bond donors (Lipinski definition) is 2. The number of benzene rings is 1. The van der Waals surface area contributed by atoms with Crippen molar-refractivity contribution in [2.45, 2.75) is 13.0 Å². The van der Waals surface area contributed by atoms with Gasteiger partial charge in [0.05, 0.1) is 11.7 Å². The van der Waals surface area contributed by atoms with Gasteiger partial charge in [0.1, 0.15) is 0 Å². The molecule has 2 rings (SSSR count). The maximum Gasteiger partial charge on any atom is 0.252 e. The molecule has 0 saturated carbocycles. The van der Waals surface area contributed by atoms with E-state index in [2.05, 4.69) is 10.3 Å². The summed E-state index contributed by atoms with van der Waals surface area (Å²) in [5.74, 6) is -2.43. The van der Waals surface area contributed by atoms with Crippen LogP contribution in [-0.4, -0.2) is 22.5 Å². The number of nitrogens with one attached hydrogen (secondary N) is 1. The molecule has 1 amide bonds. The fraction of sp³-hybridized carbons (Fsp3) is 0.200. The molecule has 1 aromatic heterocycles. The van der Waals surface area contributed by atoms with Crippen LogP contribution in [0.3, 0.4) is 0 Å². The quantitative estimate of drug-likeness (QED) is 0.907. The molecule has 4 nitrogen and oxygen atoms in total. The summed E-state index contributed by atoms with van der Waals surface area (Å²) < 4.78 is 25.9. The van der Waals surface area contributed by atoms with Crippen LogP contribution in [0.15, 0.2) is 36.5 Å². The second-order valence-corrected chi connectivity index (χ2v) is 4.59. The maximum absolute atomic E-state index is 13.1. The minimum Gasteiger partial charge on any atom is -0.387 e. The lowest BCUT2D eigenvalue weighted by atomic mass is 10.1. The number of aromatic nitrogens is 1. The van der Waals surface area contributed by atoms with E-state index in [1.54, 1.807) is 19.1 Å². The molecule has 1 atom stereocenters. The number of rotatable bonds is 4. The van der Waals surface area contributed by atoms with Gasteiger partial charge in [0.25, 0.3) is 5.91 Å². The van der Waals surface area contributed by atoms with Crippen molar-refractivity contribution in [2.24, 2.45) is 0 Å². The summed E-state index contributed by atoms with van der Waals surface area (Å²) in [6.07, 6.45) is 0.302. The Kier molecular flexibility index (Phi) is 4.59. The smallest absolute Gasteiger partial charge is 0.252 e. The summed E-state index contributed by atoms with van der Waals surface area (Å²) >= 11 is 0. The summed E-state index contributed by atoms with van der Waals surface area (Å²) in [4.78, 5) is 15.8. The van der Waals surface area contributed by atoms with E-state index >= 15 is 0 Å². The first-order chi connectivity index (χ1) is 9.97. The maximum atomic E-state index is 13.1. The molecule has 0 spiro atoms. The van der Waals surface area contributed by atoms with Crippen molar-refractivity contribution in [1.82, 2.24) is 10.3 Å². The third-order valence-electron chi connectivity index (χ3n) is 2.96. The molecule has 2 aromatic rings. The average molecular weight is 292 g/mol. The number of aryl methyl sites for hydroxylation is 1. The highest BCUT2D eigenvalue weighted by atomic mass is 19.2. The molecule has 0 fully saturated rings. The van der Waals surface area contributed by atoms with Crippen molar-refractivity contribution in [2.75, 3.05) is 6.54 Å². The van der Waals surface area contributed by atoms with Gasteiger partial charge in [-0.05, 0) is 36.8 Å². The third-order valence-corrected chi connectivity index (χ3v) is 2.96. The van der Waals surface area contributed by atoms with Gasteiger partial charge in [-0.1, -0.05) is 6.07 Å². The van der Waals surface area contributed by atoms with Crippen LogP contribution in [0.1, 0.15) is 27.7 Å². The van der Waals surface area contributed by atoms with E-state index in [1.807, 2.05) is 0 Å². The molecule has 0 aliphatic heterocycles. The molecule has 1 aromatic carbocycles. The number of amides is 1. The first-order valence-electron chi connectivity index (χ1n) is 6.31. The van der Waals surface area contributed by atoms with Crippen molar-refractivity contribution in [3.8, 4) is 0 Å². The van der Waals surface area contributed by atoms with Crippen molar-refractivity contribution in [3.05, 3.63) is 65.0 Å². The number of aliphatic hydroxyl groups is 1. The number of halogens is 2. The number of aliphatic hydroxyl groups excluding tert-OH is 1. The Morgan fingerprint density at radius 2 is 2.05 bits per heavy atom. The Balaban J connectivity index is 1.97. The van der Waals surface area contributed by atoms with Gasteiger partial charge in [0.15, 0.2) is 11.6 Å². The first kappa shape index (κ1) is 15.1. The topological polar surface area (TPSA) is 62.2 Å². The Morgan fingerprint density at radius 1 is 1.29 bits per heavy atom. The van der Waals surface area contributed by atoms with Crippen LogP contribution in [0.25, 0.3) is 0 Å². The van der Waals surface area contributed by atoms with E-state index in [0.29, 0.717) is 5.56 Å². The second-order valence-electron chi connectivity index (χ2n) is 4.59. The monoisotopic (exact) mass is 292 g/mol. The van der Waals surface area contributed by atoms with Crippen LogP contribution < -0.4 is 5.32 Å². The molecule has 21 heavy (non-hydrogen) atoms. The molecule has 0 bridgehead atoms. The molecule has 6 heteroatoms. The number of nitrogens with zero attached hydrogens (tertiary/aromatic N) is 1. The Morgan fingerprint density at radius 3 is 2.67 bits per heavy atom. The minimum absolute atomic E-state index is 0.113. The highest BCUT2D eigenvalue weighted by molar-refractivity contribution is 5.93. The molecule has 0 aliphatic carbocycles. The lowest BCUT2D eigenvalue weighted by Crippen LogP contribution is -2.28. The molecule has 0 saturated heterocycles. The van der Waals surface area contributed by atoms with Gasteiger partial charge in [0.2, 0.25) is 0 Å². The Labute approximate surface area is 120 Å². The van der Waals surface area contributed by atoms with Crippen LogP contribution in [0.5, 0.6) is 0 Å². The average Bonchev–Trinajstić information content (AvgIpc) is 2.48. The molecule has 0 radical (unpaired) electrons. The number of hydrogen-bond acceptors (Lipinski definition) is 3. The predicted octanol–water partition coefficient (Wildman–Crippen LogP) is 2.13. The van der Waals surface area contributed by atoms with E-state index in [0.717, 1.165) is 17.8 Å². The van der Waals surface area contributed by atoms with Crippen LogP contribution in [0, 0.1) is 18.6 Å². The SMILES string of the molecule is Cc1ccc(C(=O)NCC(O)c2ccc(F)c(F)c2)cn1. The molecule has 110 valence electrons. The van der Waals surface area contributed by atoms with Crippen molar-refractivity contribution in [1.29, 1.82) is 0 Å². The zero-order chi connectivity index (χ0) is 15.4. The summed E-state index contributed by atoms with van der Waals surface area (Å²) in [5, 5.41) is 12.4. The lowest BCUT2D eigenvalue weighted by molar-refractivity contribution is 0.0915. The Hall–Kier alpha value is -2.34. The normalized spacial score (nSPS) is 12.0. The lowest BCUT2D eigenvalue weighted by Gasteiger charge is -2.12. The largest absolute Gasteiger partial charge is 0.387 e. The number of carbonyl (C=O) groups excluding carboxylic acids is 1. The molecule has 0 aliphatic rings. The fourth-order valence-corrected chi connectivity index (χ4v) is 1.73. The highest BCUT2D eigenvalue weighted by Crippen LogP contribution is 2.15. The molecule has 1 heterocycles. The third kappa shape index (κ3) is 3.82. The molecular weight excluding hydrogens is 278 g/mol. The van der Waals surface area contributed by atoms with Crippen molar-refractivity contribution < 1.29 is 18.7 Å². The van der Waals surface area contributed by atoms with Gasteiger partial charge in [-0.2, -0.15) is 0 Å². The molecule has 2 N–H and O–H groups in total. The van der Waals surface area contributed by atoms with E-state index in [1.165, 1.54) is 12.3 Å². The van der Waals surface area contributed by atoms with Gasteiger partial charge in [-0.3, -0.25) is 9.78 Å². The van der Waals surface area contributed by atoms with Gasteiger partial charge < -0.3 is 10.4 Å². The van der Waals surface area contributed by atoms with Crippen molar-refractivity contribution >= 4 is 5.91 Å². The van der Waals surface area contributed by atoms with Gasteiger partial charge in [0, 0.05) is 18.4 Å². The van der Waals surface area contributed by atoms with E-state index in [9.17, 15) is 18.7 Å². The minimum atomic E-state index is -1.12. The van der Waals surface area contributed by atoms with Crippen molar-refractivity contribution in [3.63, 3.8) is 0 Å². The zero-order valence-electron chi connectivity index (χ0n) is 11.3. The molecular formula is C15H14F2N2O2. The number of carbonyl (C=O) groups is 1. The predicted molar refractivity (Wildman–Crippen MR) is 72.6 cm³/mol. The number of pyridine rings is 1. The molecule has 1 unspecified atom stereocenters. The summed E-state index contributed by atoms with van der Waals surface area (Å²) in [6, 6.07) is 6.41. The van der Waals surface area contributed by atoms with Gasteiger partial charge in [-0.15, -0.1) is 0 Å². The standard InChI is InChI=1S/C15H14F2N2O2/c1-9-2-3-11(7-18-9)15(21)19-8-14(20)10-4-5-12(16)13(17)6-10/h2-7,14,20H,8H2,1H3,(H,19,21). The van der Waals surface area contributed by atoms with E-state index in [-0.39, 0.29) is 12.1 Å². The van der Waals surface area contributed by atoms with Crippen LogP contribution in [0.2, 0.25) is 0 Å². The van der Waals surface area contributed by atoms with E-state index < -0.39 is 23.6 Å². The van der Waals surface area contributed by atoms with Crippen LogP contribution in [0.4, 0.5) is 8.78 Å². The summed E-state index contributed by atoms with van der Waals surface area (Å²) in [5.41, 5.74) is 1.34. The highest BCUT2D eigenvalue weighted by Gasteiger charge is 2.13. The van der Waals surface area contributed by atoms with Gasteiger partial charge >= 0.3 is 0 Å². The van der Waals surface area contributed by atoms with Crippen LogP contribution in [-0.2, 0) is 0 Å². The second kappa shape index (κ2) is 6.41. The zero-order valence-corrected chi connectivity index (χ0v) is 11.3. The van der Waals surface area contributed by atoms with E-state index in [4.69, 9.17) is 0 Å². The first-order valence-corrected chi connectivity index (χ1v) is 6.31. The fourth-order valence-electron chi connectivity index (χ4n) is 1.73. The summed E-state index contributed by atoms with van der Waals surface area (Å²) in [6.45, 7) is 1.69. The van der Waals surface area contributed by atoms with Gasteiger partial charge in [-0.25, -0.2) is 8.78 Å². The Bertz CT molecular complexity index is 645. The van der Waals surface area contributed by atoms with Crippen LogP contribution >= 0.6 is 0 Å².